The van der Waals surface area contributed by atoms with E-state index >= 15 is 0 Å². The highest BCUT2D eigenvalue weighted by atomic mass is 79.9. The van der Waals surface area contributed by atoms with Gasteiger partial charge in [0, 0.05) is 18.7 Å². The summed E-state index contributed by atoms with van der Waals surface area (Å²) in [7, 11) is 0. The molecule has 0 aliphatic carbocycles. The first-order valence-electron chi connectivity index (χ1n) is 6.03. The van der Waals surface area contributed by atoms with Crippen molar-refractivity contribution in [2.45, 2.75) is 12.8 Å². The van der Waals surface area contributed by atoms with E-state index in [1.165, 1.54) is 12.1 Å². The minimum Gasteiger partial charge on any atom is -0.379 e. The van der Waals surface area contributed by atoms with Crippen molar-refractivity contribution in [3.05, 3.63) is 32.5 Å². The Balaban J connectivity index is 2.09. The number of benzene rings is 1. The predicted molar refractivity (Wildman–Crippen MR) is 79.3 cm³/mol. The van der Waals surface area contributed by atoms with Gasteiger partial charge in [0.25, 0.3) is 5.69 Å². The molecule has 0 atom stereocenters. The molecule has 1 heterocycles. The first kappa shape index (κ1) is 14.6. The molecule has 0 amide bonds. The highest BCUT2D eigenvalue weighted by Gasteiger charge is 2.19. The molecule has 19 heavy (non-hydrogen) atoms. The number of nitro benzene ring substituents is 1. The molecule has 0 unspecified atom stereocenters. The maximum Gasteiger partial charge on any atom is 0.293 e. The SMILES string of the molecule is O=[N+]([O-])c1cc(Br)c(F)cc1NCC1CCSCC1. The Bertz CT molecular complexity index is 481. The van der Waals surface area contributed by atoms with E-state index in [1.54, 1.807) is 0 Å². The van der Waals surface area contributed by atoms with Crippen LogP contribution >= 0.6 is 27.7 Å². The van der Waals surface area contributed by atoms with Crippen LogP contribution < -0.4 is 5.32 Å². The lowest BCUT2D eigenvalue weighted by atomic mass is 10.0. The fourth-order valence-electron chi connectivity index (χ4n) is 2.03. The molecule has 2 rings (SSSR count). The second kappa shape index (κ2) is 6.56. The summed E-state index contributed by atoms with van der Waals surface area (Å²) in [5.41, 5.74) is 0.155. The largest absolute Gasteiger partial charge is 0.379 e. The van der Waals surface area contributed by atoms with Gasteiger partial charge in [-0.3, -0.25) is 10.1 Å². The summed E-state index contributed by atoms with van der Waals surface area (Å²) >= 11 is 4.90. The lowest BCUT2D eigenvalue weighted by Gasteiger charge is -2.22. The van der Waals surface area contributed by atoms with E-state index in [9.17, 15) is 14.5 Å². The molecule has 1 aromatic carbocycles. The van der Waals surface area contributed by atoms with E-state index in [2.05, 4.69) is 21.2 Å². The van der Waals surface area contributed by atoms with Crippen LogP contribution in [0.1, 0.15) is 12.8 Å². The van der Waals surface area contributed by atoms with Crippen LogP contribution in [-0.4, -0.2) is 23.0 Å². The third kappa shape index (κ3) is 3.82. The number of halogens is 2. The van der Waals surface area contributed by atoms with Gasteiger partial charge in [-0.25, -0.2) is 4.39 Å². The number of hydrogen-bond donors (Lipinski definition) is 1. The highest BCUT2D eigenvalue weighted by Crippen LogP contribution is 2.31. The fraction of sp³-hybridized carbons (Fsp3) is 0.500. The Kier molecular flexibility index (Phi) is 5.04. The van der Waals surface area contributed by atoms with Gasteiger partial charge < -0.3 is 5.32 Å². The molecule has 4 nitrogen and oxygen atoms in total. The monoisotopic (exact) mass is 348 g/mol. The lowest BCUT2D eigenvalue weighted by Crippen LogP contribution is -2.19. The number of nitro groups is 1. The Labute approximate surface area is 123 Å². The van der Waals surface area contributed by atoms with Crippen LogP contribution in [0.5, 0.6) is 0 Å². The van der Waals surface area contributed by atoms with Gasteiger partial charge in [0.1, 0.15) is 11.5 Å². The van der Waals surface area contributed by atoms with Crippen LogP contribution in [0.4, 0.5) is 15.8 Å². The Hall–Kier alpha value is -0.820. The van der Waals surface area contributed by atoms with Gasteiger partial charge >= 0.3 is 0 Å². The topological polar surface area (TPSA) is 55.2 Å². The minimum atomic E-state index is -0.497. The normalized spacial score (nSPS) is 16.3. The molecule has 7 heteroatoms. The average molecular weight is 349 g/mol. The molecule has 0 spiro atoms. The van der Waals surface area contributed by atoms with Crippen molar-refractivity contribution in [3.63, 3.8) is 0 Å². The summed E-state index contributed by atoms with van der Waals surface area (Å²) in [5, 5.41) is 14.0. The number of nitrogens with zero attached hydrogens (tertiary/aromatic N) is 1. The van der Waals surface area contributed by atoms with E-state index in [-0.39, 0.29) is 15.8 Å². The number of anilines is 1. The Morgan fingerprint density at radius 3 is 2.79 bits per heavy atom. The summed E-state index contributed by atoms with van der Waals surface area (Å²) in [6.07, 6.45) is 2.20. The number of rotatable bonds is 4. The Morgan fingerprint density at radius 2 is 2.16 bits per heavy atom. The third-order valence-electron chi connectivity index (χ3n) is 3.16. The second-order valence-corrected chi connectivity index (χ2v) is 6.56. The molecule has 0 aromatic heterocycles. The molecular weight excluding hydrogens is 335 g/mol. The molecule has 104 valence electrons. The number of nitrogens with one attached hydrogen (secondary N) is 1. The summed E-state index contributed by atoms with van der Waals surface area (Å²) < 4.78 is 13.6. The molecular formula is C12H14BrFN2O2S. The van der Waals surface area contributed by atoms with Crippen molar-refractivity contribution < 1.29 is 9.31 Å². The van der Waals surface area contributed by atoms with Gasteiger partial charge in [-0.15, -0.1) is 0 Å². The molecule has 1 saturated heterocycles. The van der Waals surface area contributed by atoms with Crippen LogP contribution in [-0.2, 0) is 0 Å². The van der Waals surface area contributed by atoms with Gasteiger partial charge in [0.05, 0.1) is 9.40 Å². The van der Waals surface area contributed by atoms with Crippen molar-refractivity contribution in [2.75, 3.05) is 23.4 Å². The molecule has 0 saturated carbocycles. The van der Waals surface area contributed by atoms with Crippen LogP contribution in [0.25, 0.3) is 0 Å². The fourth-order valence-corrected chi connectivity index (χ4v) is 3.57. The van der Waals surface area contributed by atoms with Crippen molar-refractivity contribution in [2.24, 2.45) is 5.92 Å². The first-order valence-corrected chi connectivity index (χ1v) is 7.97. The molecule has 1 fully saturated rings. The molecule has 0 bridgehead atoms. The molecule has 1 aliphatic heterocycles. The first-order chi connectivity index (χ1) is 9.08. The van der Waals surface area contributed by atoms with Crippen molar-refractivity contribution in [1.82, 2.24) is 0 Å². The zero-order valence-corrected chi connectivity index (χ0v) is 12.6. The quantitative estimate of drug-likeness (QED) is 0.658. The summed E-state index contributed by atoms with van der Waals surface area (Å²) in [6, 6.07) is 2.38. The standard InChI is InChI=1S/C12H14BrFN2O2S/c13-9-5-12(16(17)18)11(6-10(9)14)15-7-8-1-3-19-4-2-8/h5-6,8,15H,1-4,7H2. The van der Waals surface area contributed by atoms with Crippen LogP contribution in [0.2, 0.25) is 0 Å². The van der Waals surface area contributed by atoms with Crippen molar-refractivity contribution in [1.29, 1.82) is 0 Å². The van der Waals surface area contributed by atoms with E-state index in [4.69, 9.17) is 0 Å². The minimum absolute atomic E-state index is 0.0986. The van der Waals surface area contributed by atoms with E-state index in [1.807, 2.05) is 11.8 Å². The van der Waals surface area contributed by atoms with Gasteiger partial charge in [0.15, 0.2) is 0 Å². The molecule has 0 radical (unpaired) electrons. The predicted octanol–water partition coefficient (Wildman–Crippen LogP) is 4.05. The van der Waals surface area contributed by atoms with Gasteiger partial charge in [-0.2, -0.15) is 11.8 Å². The van der Waals surface area contributed by atoms with Crippen LogP contribution in [0, 0.1) is 21.8 Å². The van der Waals surface area contributed by atoms with Crippen LogP contribution in [0.15, 0.2) is 16.6 Å². The maximum atomic E-state index is 13.5. The van der Waals surface area contributed by atoms with Gasteiger partial charge in [-0.05, 0) is 46.2 Å². The second-order valence-electron chi connectivity index (χ2n) is 4.48. The molecule has 1 aliphatic rings. The van der Waals surface area contributed by atoms with E-state index < -0.39 is 10.7 Å². The summed E-state index contributed by atoms with van der Waals surface area (Å²) in [6.45, 7) is 0.655. The zero-order valence-electron chi connectivity index (χ0n) is 10.2. The van der Waals surface area contributed by atoms with Crippen molar-refractivity contribution in [3.8, 4) is 0 Å². The van der Waals surface area contributed by atoms with E-state index in [0.717, 1.165) is 24.3 Å². The zero-order chi connectivity index (χ0) is 13.8. The van der Waals surface area contributed by atoms with E-state index in [0.29, 0.717) is 12.5 Å². The highest BCUT2D eigenvalue weighted by molar-refractivity contribution is 9.10. The lowest BCUT2D eigenvalue weighted by molar-refractivity contribution is -0.384. The molecule has 1 aromatic rings. The van der Waals surface area contributed by atoms with Crippen molar-refractivity contribution >= 4 is 39.1 Å². The summed E-state index contributed by atoms with van der Waals surface area (Å²) in [4.78, 5) is 10.5. The number of hydrogen-bond acceptors (Lipinski definition) is 4. The summed E-state index contributed by atoms with van der Waals surface area (Å²) in [5.74, 6) is 2.27. The Morgan fingerprint density at radius 1 is 1.47 bits per heavy atom. The van der Waals surface area contributed by atoms with Gasteiger partial charge in [0.2, 0.25) is 0 Å². The maximum absolute atomic E-state index is 13.5. The average Bonchev–Trinajstić information content (AvgIpc) is 2.40. The smallest absolute Gasteiger partial charge is 0.293 e. The van der Waals surface area contributed by atoms with Gasteiger partial charge in [-0.1, -0.05) is 0 Å². The van der Waals surface area contributed by atoms with Crippen LogP contribution in [0.3, 0.4) is 0 Å². The number of thioether (sulfide) groups is 1. The third-order valence-corrected chi connectivity index (χ3v) is 4.81. The molecule has 1 N–H and O–H groups in total.